The van der Waals surface area contributed by atoms with E-state index >= 15 is 13.2 Å². The number of methoxy groups -OCH3 is 1. The highest BCUT2D eigenvalue weighted by Gasteiger charge is 2.33. The molecule has 0 aromatic heterocycles. The van der Waals surface area contributed by atoms with Crippen molar-refractivity contribution in [1.82, 2.24) is 0 Å². The molecule has 5 rings (SSSR count). The molecule has 0 atom stereocenters. The van der Waals surface area contributed by atoms with E-state index in [0.717, 1.165) is 12.1 Å². The fraction of sp³-hybridized carbons (Fsp3) is 0.0370. The molecule has 39 heavy (non-hydrogen) atoms. The van der Waals surface area contributed by atoms with Gasteiger partial charge in [0.1, 0.15) is 5.82 Å². The van der Waals surface area contributed by atoms with E-state index in [-0.39, 0.29) is 18.2 Å². The van der Waals surface area contributed by atoms with Gasteiger partial charge in [0.05, 0.1) is 18.2 Å². The van der Waals surface area contributed by atoms with Gasteiger partial charge < -0.3 is 4.74 Å². The maximum atomic E-state index is 15.3. The van der Waals surface area contributed by atoms with Gasteiger partial charge in [-0.2, -0.15) is 8.78 Å². The van der Waals surface area contributed by atoms with Gasteiger partial charge in [-0.15, -0.1) is 0 Å². The van der Waals surface area contributed by atoms with Crippen molar-refractivity contribution in [2.45, 2.75) is 0 Å². The van der Waals surface area contributed by atoms with Crippen LogP contribution in [-0.4, -0.2) is 7.11 Å². The number of halogens is 11. The fourth-order valence-corrected chi connectivity index (χ4v) is 4.56. The van der Waals surface area contributed by atoms with Crippen molar-refractivity contribution < 1.29 is 53.0 Å². The Morgan fingerprint density at radius 1 is 0.436 bits per heavy atom. The van der Waals surface area contributed by atoms with E-state index in [1.807, 2.05) is 0 Å². The second-order valence-corrected chi connectivity index (χ2v) is 8.23. The van der Waals surface area contributed by atoms with E-state index < -0.39 is 114 Å². The average Bonchev–Trinajstić information content (AvgIpc) is 2.89. The van der Waals surface area contributed by atoms with Crippen LogP contribution in [0, 0.1) is 64.0 Å². The van der Waals surface area contributed by atoms with Gasteiger partial charge in [-0.1, -0.05) is 12.1 Å². The van der Waals surface area contributed by atoms with Crippen LogP contribution in [0.25, 0.3) is 43.8 Å². The normalized spacial score (nSPS) is 11.6. The molecule has 0 spiro atoms. The molecule has 0 fully saturated rings. The Bertz CT molecular complexity index is 1810. The molecule has 5 aromatic rings. The Morgan fingerprint density at radius 2 is 0.923 bits per heavy atom. The molecule has 200 valence electrons. The van der Waals surface area contributed by atoms with Crippen LogP contribution in [0.3, 0.4) is 0 Å². The van der Waals surface area contributed by atoms with Crippen molar-refractivity contribution in [3.05, 3.63) is 100 Å². The molecule has 1 nitrogen and oxygen atoms in total. The van der Waals surface area contributed by atoms with Crippen molar-refractivity contribution in [2.24, 2.45) is 0 Å². The van der Waals surface area contributed by atoms with Gasteiger partial charge in [-0.05, 0) is 34.4 Å². The molecule has 0 heterocycles. The smallest absolute Gasteiger partial charge is 0.204 e. The molecule has 0 unspecified atom stereocenters. The number of rotatable bonds is 3. The monoisotopic (exact) mass is 558 g/mol. The summed E-state index contributed by atoms with van der Waals surface area (Å²) >= 11 is 0. The van der Waals surface area contributed by atoms with Crippen LogP contribution in [-0.2, 0) is 0 Å². The van der Waals surface area contributed by atoms with Gasteiger partial charge in [0.15, 0.2) is 52.3 Å². The molecule has 12 heteroatoms. The lowest BCUT2D eigenvalue weighted by atomic mass is 9.84. The van der Waals surface area contributed by atoms with Gasteiger partial charge in [0.25, 0.3) is 0 Å². The summed E-state index contributed by atoms with van der Waals surface area (Å²) in [6.45, 7) is 0. The minimum Gasteiger partial charge on any atom is -0.491 e. The fourth-order valence-electron chi connectivity index (χ4n) is 4.56. The van der Waals surface area contributed by atoms with Crippen LogP contribution in [0.4, 0.5) is 48.3 Å². The van der Waals surface area contributed by atoms with E-state index in [9.17, 15) is 35.1 Å². The molecule has 0 saturated carbocycles. The molecule has 0 saturated heterocycles. The first-order valence-corrected chi connectivity index (χ1v) is 10.7. The molecule has 0 N–H and O–H groups in total. The van der Waals surface area contributed by atoms with Gasteiger partial charge in [-0.3, -0.25) is 0 Å². The van der Waals surface area contributed by atoms with Crippen LogP contribution < -0.4 is 4.74 Å². The Morgan fingerprint density at radius 3 is 1.44 bits per heavy atom. The van der Waals surface area contributed by atoms with Crippen LogP contribution in [0.5, 0.6) is 5.75 Å². The lowest BCUT2D eigenvalue weighted by Gasteiger charge is -2.20. The summed E-state index contributed by atoms with van der Waals surface area (Å²) in [4.78, 5) is 0. The van der Waals surface area contributed by atoms with E-state index in [0.29, 0.717) is 13.2 Å². The molecule has 0 aliphatic rings. The number of ether oxygens (including phenoxy) is 1. The number of benzene rings is 5. The summed E-state index contributed by atoms with van der Waals surface area (Å²) in [5, 5.41) is -3.45. The molecule has 5 aromatic carbocycles. The standard InChI is InChI=1S/C27H9F11O/c1-39-27-25(37)23(35)20(24(36)26(27)38)18-10-6-13(30)12(29)5-9(10)16(8-3-2-4-11(28)17(8)18)19-21(33)14(31)7-15(32)22(19)34/h2-7H,1H3. The third-order valence-corrected chi connectivity index (χ3v) is 6.17. The molecule has 0 radical (unpaired) electrons. The van der Waals surface area contributed by atoms with Crippen molar-refractivity contribution in [2.75, 3.05) is 7.11 Å². The number of hydrogen-bond acceptors (Lipinski definition) is 1. The molecule has 0 amide bonds. The first-order valence-electron chi connectivity index (χ1n) is 10.7. The summed E-state index contributed by atoms with van der Waals surface area (Å²) < 4.78 is 166. The Labute approximate surface area is 210 Å². The first-order chi connectivity index (χ1) is 18.4. The van der Waals surface area contributed by atoms with Crippen LogP contribution >= 0.6 is 0 Å². The van der Waals surface area contributed by atoms with Crippen molar-refractivity contribution in [1.29, 1.82) is 0 Å². The van der Waals surface area contributed by atoms with Crippen LogP contribution in [0.2, 0.25) is 0 Å². The predicted molar refractivity (Wildman–Crippen MR) is 118 cm³/mol. The molecular formula is C27H9F11O. The Kier molecular flexibility index (Phi) is 6.15. The zero-order chi connectivity index (χ0) is 28.5. The lowest BCUT2D eigenvalue weighted by molar-refractivity contribution is 0.334. The summed E-state index contributed by atoms with van der Waals surface area (Å²) in [7, 11) is 0.693. The predicted octanol–water partition coefficient (Wildman–Crippen LogP) is 8.87. The largest absolute Gasteiger partial charge is 0.491 e. The van der Waals surface area contributed by atoms with E-state index in [1.54, 1.807) is 0 Å². The minimum absolute atomic E-state index is 0.137. The highest BCUT2D eigenvalue weighted by molar-refractivity contribution is 6.21. The second kappa shape index (κ2) is 9.14. The summed E-state index contributed by atoms with van der Waals surface area (Å²) in [6.07, 6.45) is 0. The SMILES string of the molecule is COc1c(F)c(F)c(-c2c3cc(F)c(F)cc3c(-c3c(F)c(F)cc(F)c3F)c3cccc(F)c23)c(F)c1F. The zero-order valence-electron chi connectivity index (χ0n) is 19.0. The third kappa shape index (κ3) is 3.68. The molecular weight excluding hydrogens is 549 g/mol. The van der Waals surface area contributed by atoms with Gasteiger partial charge in [0.2, 0.25) is 11.6 Å². The van der Waals surface area contributed by atoms with Gasteiger partial charge in [0, 0.05) is 22.6 Å². The topological polar surface area (TPSA) is 9.23 Å². The molecule has 0 bridgehead atoms. The summed E-state index contributed by atoms with van der Waals surface area (Å²) in [5.41, 5.74) is -5.12. The summed E-state index contributed by atoms with van der Waals surface area (Å²) in [6, 6.07) is 2.82. The van der Waals surface area contributed by atoms with E-state index in [2.05, 4.69) is 4.74 Å². The summed E-state index contributed by atoms with van der Waals surface area (Å²) in [5.74, 6) is -22.6. The highest BCUT2D eigenvalue weighted by atomic mass is 19.2. The molecule has 0 aliphatic heterocycles. The van der Waals surface area contributed by atoms with Crippen molar-refractivity contribution in [3.8, 4) is 28.0 Å². The average molecular weight is 558 g/mol. The van der Waals surface area contributed by atoms with Gasteiger partial charge in [-0.25, -0.2) is 39.5 Å². The minimum atomic E-state index is -2.14. The van der Waals surface area contributed by atoms with Crippen LogP contribution in [0.1, 0.15) is 0 Å². The van der Waals surface area contributed by atoms with E-state index in [1.165, 1.54) is 0 Å². The highest BCUT2D eigenvalue weighted by Crippen LogP contribution is 2.49. The molecule has 0 aliphatic carbocycles. The first kappa shape index (κ1) is 26.3. The third-order valence-electron chi connectivity index (χ3n) is 6.17. The van der Waals surface area contributed by atoms with E-state index in [4.69, 9.17) is 0 Å². The van der Waals surface area contributed by atoms with Gasteiger partial charge >= 0.3 is 0 Å². The maximum absolute atomic E-state index is 15.3. The van der Waals surface area contributed by atoms with Crippen molar-refractivity contribution in [3.63, 3.8) is 0 Å². The maximum Gasteiger partial charge on any atom is 0.204 e. The Balaban J connectivity index is 2.15. The number of hydrogen-bond donors (Lipinski definition) is 0. The lowest BCUT2D eigenvalue weighted by Crippen LogP contribution is -2.06. The second-order valence-electron chi connectivity index (χ2n) is 8.23. The quantitative estimate of drug-likeness (QED) is 0.122. The zero-order valence-corrected chi connectivity index (χ0v) is 19.0. The van der Waals surface area contributed by atoms with Crippen LogP contribution in [0.15, 0.2) is 36.4 Å². The number of fused-ring (bicyclic) bond motifs is 2. The van der Waals surface area contributed by atoms with Crippen molar-refractivity contribution >= 4 is 21.5 Å². The Hall–Kier alpha value is -4.35.